The Labute approximate surface area is 148 Å². The fraction of sp³-hybridized carbons (Fsp3) is 0.688. The lowest BCUT2D eigenvalue weighted by Gasteiger charge is -2.17. The van der Waals surface area contributed by atoms with Gasteiger partial charge in [-0.1, -0.05) is 13.8 Å². The van der Waals surface area contributed by atoms with Crippen LogP contribution < -0.4 is 11.2 Å². The average molecular weight is 358 g/mol. The summed E-state index contributed by atoms with van der Waals surface area (Å²) in [6.45, 7) is 10.2. The Balaban J connectivity index is 0.00000288. The summed E-state index contributed by atoms with van der Waals surface area (Å²) in [4.78, 5) is 31.3. The van der Waals surface area contributed by atoms with E-state index in [1.54, 1.807) is 7.05 Å². The monoisotopic (exact) mass is 357 g/mol. The Morgan fingerprint density at radius 2 is 1.67 bits per heavy atom. The average Bonchev–Trinajstić information content (AvgIpc) is 2.88. The van der Waals surface area contributed by atoms with Crippen molar-refractivity contribution in [1.29, 1.82) is 0 Å². The molecular weight excluding hydrogens is 330 g/mol. The number of halogens is 1. The van der Waals surface area contributed by atoms with Gasteiger partial charge in [-0.25, -0.2) is 9.78 Å². The van der Waals surface area contributed by atoms with Gasteiger partial charge in [0.1, 0.15) is 5.82 Å². The summed E-state index contributed by atoms with van der Waals surface area (Å²) in [7, 11) is 3.17. The SMILES string of the molecule is CCN(CC)CCCCn1c(C)nc2c1c(=O)n(C)c(=O)n2C.Cl. The highest BCUT2D eigenvalue weighted by Crippen LogP contribution is 2.11. The molecule has 0 unspecified atom stereocenters. The first kappa shape index (κ1) is 20.4. The predicted molar refractivity (Wildman–Crippen MR) is 99.2 cm³/mol. The van der Waals surface area contributed by atoms with Crippen LogP contribution in [-0.2, 0) is 20.6 Å². The lowest BCUT2D eigenvalue weighted by atomic mass is 10.2. The second-order valence-corrected chi connectivity index (χ2v) is 5.92. The third kappa shape index (κ3) is 3.72. The first-order chi connectivity index (χ1) is 10.9. The summed E-state index contributed by atoms with van der Waals surface area (Å²) >= 11 is 0. The third-order valence-corrected chi connectivity index (χ3v) is 4.54. The van der Waals surface area contributed by atoms with Gasteiger partial charge >= 0.3 is 5.69 Å². The number of nitrogens with zero attached hydrogens (tertiary/aromatic N) is 5. The van der Waals surface area contributed by atoms with Gasteiger partial charge in [0.2, 0.25) is 0 Å². The van der Waals surface area contributed by atoms with Crippen molar-refractivity contribution in [2.45, 2.75) is 40.2 Å². The molecule has 0 saturated heterocycles. The Hall–Kier alpha value is -1.60. The van der Waals surface area contributed by atoms with Gasteiger partial charge in [0.05, 0.1) is 0 Å². The normalized spacial score (nSPS) is 11.2. The van der Waals surface area contributed by atoms with Gasteiger partial charge in [-0.3, -0.25) is 13.9 Å². The lowest BCUT2D eigenvalue weighted by Crippen LogP contribution is -2.37. The summed E-state index contributed by atoms with van der Waals surface area (Å²) < 4.78 is 4.53. The molecule has 2 heterocycles. The number of aromatic nitrogens is 4. The van der Waals surface area contributed by atoms with Crippen molar-refractivity contribution in [3.63, 3.8) is 0 Å². The minimum absolute atomic E-state index is 0. The van der Waals surface area contributed by atoms with Crippen LogP contribution in [-0.4, -0.2) is 43.2 Å². The molecule has 24 heavy (non-hydrogen) atoms. The van der Waals surface area contributed by atoms with Crippen LogP contribution >= 0.6 is 12.4 Å². The number of aryl methyl sites for hydroxylation is 3. The fourth-order valence-corrected chi connectivity index (χ4v) is 2.97. The van der Waals surface area contributed by atoms with Crippen LogP contribution in [0.5, 0.6) is 0 Å². The molecule has 0 aliphatic heterocycles. The van der Waals surface area contributed by atoms with Crippen LogP contribution in [0.25, 0.3) is 11.2 Å². The molecule has 8 heteroatoms. The number of fused-ring (bicyclic) bond motifs is 1. The molecule has 0 aromatic carbocycles. The molecule has 0 aliphatic carbocycles. The number of unbranched alkanes of at least 4 members (excludes halogenated alkanes) is 1. The van der Waals surface area contributed by atoms with Gasteiger partial charge in [-0.15, -0.1) is 12.4 Å². The van der Waals surface area contributed by atoms with Crippen LogP contribution in [0.4, 0.5) is 0 Å². The molecule has 0 amide bonds. The van der Waals surface area contributed by atoms with Gasteiger partial charge in [0, 0.05) is 20.6 Å². The minimum atomic E-state index is -0.339. The first-order valence-electron chi connectivity index (χ1n) is 8.27. The molecule has 2 aromatic rings. The molecule has 0 bridgehead atoms. The highest BCUT2D eigenvalue weighted by atomic mass is 35.5. The molecule has 0 spiro atoms. The highest BCUT2D eigenvalue weighted by molar-refractivity contribution is 5.85. The van der Waals surface area contributed by atoms with E-state index in [1.165, 1.54) is 11.6 Å². The van der Waals surface area contributed by atoms with E-state index in [-0.39, 0.29) is 23.7 Å². The summed E-state index contributed by atoms with van der Waals surface area (Å²) in [5, 5.41) is 0. The maximum absolute atomic E-state index is 12.4. The smallest absolute Gasteiger partial charge is 0.322 e. The molecule has 0 aliphatic rings. The van der Waals surface area contributed by atoms with Crippen LogP contribution in [0.15, 0.2) is 9.59 Å². The molecule has 0 radical (unpaired) electrons. The Morgan fingerprint density at radius 3 is 2.25 bits per heavy atom. The van der Waals surface area contributed by atoms with Crippen molar-refractivity contribution < 1.29 is 0 Å². The first-order valence-corrected chi connectivity index (χ1v) is 8.27. The second kappa shape index (κ2) is 8.48. The van der Waals surface area contributed by atoms with Crippen molar-refractivity contribution in [2.75, 3.05) is 19.6 Å². The molecule has 136 valence electrons. The van der Waals surface area contributed by atoms with Crippen molar-refractivity contribution in [2.24, 2.45) is 14.1 Å². The quantitative estimate of drug-likeness (QED) is 0.700. The summed E-state index contributed by atoms with van der Waals surface area (Å²) in [6.07, 6.45) is 2.06. The molecule has 7 nitrogen and oxygen atoms in total. The van der Waals surface area contributed by atoms with E-state index >= 15 is 0 Å². The molecule has 0 fully saturated rings. The van der Waals surface area contributed by atoms with Crippen LogP contribution in [0.1, 0.15) is 32.5 Å². The zero-order valence-electron chi connectivity index (χ0n) is 15.2. The summed E-state index contributed by atoms with van der Waals surface area (Å²) in [5.41, 5.74) is 0.385. The molecule has 0 N–H and O–H groups in total. The van der Waals surface area contributed by atoms with Gasteiger partial charge < -0.3 is 9.47 Å². The van der Waals surface area contributed by atoms with Gasteiger partial charge in [-0.2, -0.15) is 0 Å². The summed E-state index contributed by atoms with van der Waals surface area (Å²) in [5.74, 6) is 0.779. The summed E-state index contributed by atoms with van der Waals surface area (Å²) in [6, 6.07) is 0. The highest BCUT2D eigenvalue weighted by Gasteiger charge is 2.16. The topological polar surface area (TPSA) is 65.1 Å². The molecule has 2 rings (SSSR count). The minimum Gasteiger partial charge on any atom is -0.322 e. The zero-order valence-corrected chi connectivity index (χ0v) is 16.0. The van der Waals surface area contributed by atoms with Crippen molar-refractivity contribution >= 4 is 23.6 Å². The van der Waals surface area contributed by atoms with E-state index in [1.807, 2.05) is 11.5 Å². The number of imidazole rings is 1. The standard InChI is InChI=1S/C16H27N5O2.ClH/c1-6-20(7-2)10-8-9-11-21-12(3)17-14-13(21)15(22)19(5)16(23)18(14)4;/h6-11H2,1-5H3;1H. The molecule has 0 atom stereocenters. The van der Waals surface area contributed by atoms with E-state index in [9.17, 15) is 9.59 Å². The largest absolute Gasteiger partial charge is 0.332 e. The molecule has 2 aromatic heterocycles. The molecule has 0 saturated carbocycles. The van der Waals surface area contributed by atoms with Gasteiger partial charge in [0.15, 0.2) is 11.2 Å². The van der Waals surface area contributed by atoms with Crippen LogP contribution in [0, 0.1) is 6.92 Å². The Kier molecular flexibility index (Phi) is 7.23. The predicted octanol–water partition coefficient (Wildman–Crippen LogP) is 1.29. The van der Waals surface area contributed by atoms with E-state index in [0.717, 1.165) is 49.4 Å². The third-order valence-electron chi connectivity index (χ3n) is 4.54. The zero-order chi connectivity index (χ0) is 17.1. The van der Waals surface area contributed by atoms with Crippen molar-refractivity contribution in [3.8, 4) is 0 Å². The van der Waals surface area contributed by atoms with E-state index in [2.05, 4.69) is 23.7 Å². The maximum Gasteiger partial charge on any atom is 0.332 e. The Bertz CT molecular complexity index is 801. The lowest BCUT2D eigenvalue weighted by molar-refractivity contribution is 0.294. The number of hydrogen-bond donors (Lipinski definition) is 0. The maximum atomic E-state index is 12.4. The fourth-order valence-electron chi connectivity index (χ4n) is 2.97. The van der Waals surface area contributed by atoms with Crippen molar-refractivity contribution in [3.05, 3.63) is 26.7 Å². The van der Waals surface area contributed by atoms with Crippen LogP contribution in [0.3, 0.4) is 0 Å². The van der Waals surface area contributed by atoms with E-state index in [0.29, 0.717) is 11.2 Å². The number of rotatable bonds is 7. The number of hydrogen-bond acceptors (Lipinski definition) is 4. The molecular formula is C16H28ClN5O2. The van der Waals surface area contributed by atoms with Crippen LogP contribution in [0.2, 0.25) is 0 Å². The second-order valence-electron chi connectivity index (χ2n) is 5.92. The van der Waals surface area contributed by atoms with Gasteiger partial charge in [-0.05, 0) is 39.4 Å². The van der Waals surface area contributed by atoms with Crippen molar-refractivity contribution in [1.82, 2.24) is 23.6 Å². The van der Waals surface area contributed by atoms with E-state index < -0.39 is 0 Å². The van der Waals surface area contributed by atoms with E-state index in [4.69, 9.17) is 0 Å². The van der Waals surface area contributed by atoms with Gasteiger partial charge in [0.25, 0.3) is 5.56 Å². The Morgan fingerprint density at radius 1 is 1.04 bits per heavy atom.